The quantitative estimate of drug-likeness (QED) is 0.204. The molecule has 180 valence electrons. The third-order valence-electron chi connectivity index (χ3n) is 4.60. The fourth-order valence-corrected chi connectivity index (χ4v) is 4.86. The SMILES string of the molecule is FC(F)(F)c1ccc(-c2ccc(CCl)s2)cc1.OCc1ccc(-c2ccc(C(F)(F)F)cc2)s1. The summed E-state index contributed by atoms with van der Waals surface area (Å²) in [6, 6.07) is 17.4. The van der Waals surface area contributed by atoms with E-state index in [4.69, 9.17) is 16.7 Å². The number of alkyl halides is 7. The van der Waals surface area contributed by atoms with Gasteiger partial charge in [0.15, 0.2) is 0 Å². The summed E-state index contributed by atoms with van der Waals surface area (Å²) in [5.41, 5.74) is 0.220. The van der Waals surface area contributed by atoms with Gasteiger partial charge in [-0.3, -0.25) is 0 Å². The Hall–Kier alpha value is -2.33. The van der Waals surface area contributed by atoms with E-state index in [0.29, 0.717) is 5.88 Å². The van der Waals surface area contributed by atoms with Gasteiger partial charge in [0.25, 0.3) is 0 Å². The van der Waals surface area contributed by atoms with Crippen LogP contribution in [-0.2, 0) is 24.8 Å². The molecule has 0 aliphatic carbocycles. The van der Waals surface area contributed by atoms with Gasteiger partial charge in [0.2, 0.25) is 0 Å². The van der Waals surface area contributed by atoms with Gasteiger partial charge in [-0.05, 0) is 59.7 Å². The Morgan fingerprint density at radius 1 is 0.588 bits per heavy atom. The molecule has 2 heterocycles. The van der Waals surface area contributed by atoms with Crippen molar-refractivity contribution in [3.05, 3.63) is 93.7 Å². The first-order valence-corrected chi connectivity index (χ1v) is 11.9. The molecule has 34 heavy (non-hydrogen) atoms. The largest absolute Gasteiger partial charge is 0.416 e. The molecule has 4 aromatic rings. The van der Waals surface area contributed by atoms with Crippen molar-refractivity contribution in [1.82, 2.24) is 0 Å². The van der Waals surface area contributed by atoms with E-state index in [2.05, 4.69) is 0 Å². The zero-order chi connectivity index (χ0) is 24.9. The first kappa shape index (κ1) is 26.3. The summed E-state index contributed by atoms with van der Waals surface area (Å²) < 4.78 is 74.1. The van der Waals surface area contributed by atoms with Gasteiger partial charge in [-0.15, -0.1) is 34.3 Å². The third-order valence-corrected chi connectivity index (χ3v) is 7.30. The summed E-state index contributed by atoms with van der Waals surface area (Å²) in [7, 11) is 0. The Bertz CT molecular complexity index is 1100. The monoisotopic (exact) mass is 534 g/mol. The molecule has 0 bridgehead atoms. The van der Waals surface area contributed by atoms with Crippen molar-refractivity contribution in [2.45, 2.75) is 24.8 Å². The Kier molecular flexibility index (Phi) is 8.46. The summed E-state index contributed by atoms with van der Waals surface area (Å²) in [6.45, 7) is -0.0503. The van der Waals surface area contributed by atoms with Crippen molar-refractivity contribution in [3.8, 4) is 20.9 Å². The predicted molar refractivity (Wildman–Crippen MR) is 125 cm³/mol. The fourth-order valence-electron chi connectivity index (χ4n) is 2.87. The van der Waals surface area contributed by atoms with Crippen LogP contribution in [0, 0.1) is 0 Å². The molecule has 0 aliphatic rings. The standard InChI is InChI=1S/C12H8ClF3S.C12H9F3OS/c13-7-10-5-6-11(17-10)8-1-3-9(4-2-8)12(14,15)16;13-12(14,15)9-3-1-8(2-4-9)11-6-5-10(7-16)17-11/h1-6H,7H2;1-6,16H,7H2. The van der Waals surface area contributed by atoms with Gasteiger partial charge < -0.3 is 5.11 Å². The number of benzene rings is 2. The Balaban J connectivity index is 0.000000191. The molecule has 2 aromatic heterocycles. The summed E-state index contributed by atoms with van der Waals surface area (Å²) in [6.07, 6.45) is -8.58. The van der Waals surface area contributed by atoms with Crippen LogP contribution in [0.4, 0.5) is 26.3 Å². The minimum absolute atomic E-state index is 0.0503. The van der Waals surface area contributed by atoms with E-state index < -0.39 is 23.5 Å². The lowest BCUT2D eigenvalue weighted by Gasteiger charge is -2.06. The van der Waals surface area contributed by atoms with E-state index >= 15 is 0 Å². The molecule has 1 N–H and O–H groups in total. The normalized spacial score (nSPS) is 11.8. The third kappa shape index (κ3) is 6.85. The van der Waals surface area contributed by atoms with Gasteiger partial charge in [-0.2, -0.15) is 26.3 Å². The minimum Gasteiger partial charge on any atom is -0.391 e. The van der Waals surface area contributed by atoms with Gasteiger partial charge >= 0.3 is 12.4 Å². The maximum Gasteiger partial charge on any atom is 0.416 e. The molecule has 0 atom stereocenters. The van der Waals surface area contributed by atoms with Crippen LogP contribution in [-0.4, -0.2) is 5.11 Å². The summed E-state index contributed by atoms with van der Waals surface area (Å²) in [5.74, 6) is 0.422. The molecule has 0 fully saturated rings. The molecule has 4 rings (SSSR count). The second kappa shape index (κ2) is 10.9. The van der Waals surface area contributed by atoms with Crippen LogP contribution >= 0.6 is 34.3 Å². The highest BCUT2D eigenvalue weighted by molar-refractivity contribution is 7.15. The van der Waals surface area contributed by atoms with Crippen molar-refractivity contribution < 1.29 is 31.4 Å². The Morgan fingerprint density at radius 3 is 1.26 bits per heavy atom. The number of hydrogen-bond donors (Lipinski definition) is 1. The van der Waals surface area contributed by atoms with Crippen molar-refractivity contribution in [2.24, 2.45) is 0 Å². The molecule has 0 amide bonds. The summed E-state index contributed by atoms with van der Waals surface area (Å²) >= 11 is 8.53. The van der Waals surface area contributed by atoms with E-state index in [0.717, 1.165) is 54.9 Å². The molecular formula is C24H17ClF6OS2. The number of aliphatic hydroxyl groups is 1. The molecule has 1 nitrogen and oxygen atoms in total. The van der Waals surface area contributed by atoms with E-state index in [1.807, 2.05) is 12.1 Å². The predicted octanol–water partition coefficient (Wildman–Crippen LogP) is 9.10. The lowest BCUT2D eigenvalue weighted by atomic mass is 10.1. The van der Waals surface area contributed by atoms with Gasteiger partial charge in [0, 0.05) is 19.5 Å². The van der Waals surface area contributed by atoms with E-state index in [1.54, 1.807) is 12.1 Å². The Morgan fingerprint density at radius 2 is 0.971 bits per heavy atom. The van der Waals surface area contributed by atoms with E-state index in [9.17, 15) is 26.3 Å². The van der Waals surface area contributed by atoms with Crippen LogP contribution in [0.1, 0.15) is 20.9 Å². The topological polar surface area (TPSA) is 20.2 Å². The first-order valence-electron chi connectivity index (χ1n) is 9.71. The molecule has 0 spiro atoms. The Labute approximate surface area is 204 Å². The van der Waals surface area contributed by atoms with Gasteiger partial charge in [-0.25, -0.2) is 0 Å². The molecule has 0 radical (unpaired) electrons. The van der Waals surface area contributed by atoms with Crippen LogP contribution in [0.15, 0.2) is 72.8 Å². The van der Waals surface area contributed by atoms with E-state index in [-0.39, 0.29) is 6.61 Å². The van der Waals surface area contributed by atoms with Crippen molar-refractivity contribution in [3.63, 3.8) is 0 Å². The molecular weight excluding hydrogens is 518 g/mol. The van der Waals surface area contributed by atoms with Crippen LogP contribution in [0.3, 0.4) is 0 Å². The molecule has 0 aliphatic heterocycles. The maximum absolute atomic E-state index is 12.4. The molecule has 2 aromatic carbocycles. The fraction of sp³-hybridized carbons (Fsp3) is 0.167. The number of aliphatic hydroxyl groups excluding tert-OH is 1. The van der Waals surface area contributed by atoms with E-state index in [1.165, 1.54) is 46.9 Å². The average Bonchev–Trinajstić information content (AvgIpc) is 3.48. The van der Waals surface area contributed by atoms with Crippen LogP contribution < -0.4 is 0 Å². The second-order valence-electron chi connectivity index (χ2n) is 6.97. The zero-order valence-corrected chi connectivity index (χ0v) is 19.6. The van der Waals surface area contributed by atoms with Gasteiger partial charge in [0.05, 0.1) is 23.6 Å². The van der Waals surface area contributed by atoms with Gasteiger partial charge in [-0.1, -0.05) is 24.3 Å². The highest BCUT2D eigenvalue weighted by atomic mass is 35.5. The van der Waals surface area contributed by atoms with Crippen molar-refractivity contribution in [1.29, 1.82) is 0 Å². The maximum atomic E-state index is 12.4. The van der Waals surface area contributed by atoms with Crippen LogP contribution in [0.2, 0.25) is 0 Å². The minimum atomic E-state index is -4.30. The molecule has 0 unspecified atom stereocenters. The smallest absolute Gasteiger partial charge is 0.391 e. The molecule has 10 heteroatoms. The number of rotatable bonds is 4. The highest BCUT2D eigenvalue weighted by Crippen LogP contribution is 2.34. The summed E-state index contributed by atoms with van der Waals surface area (Å²) in [5, 5.41) is 8.91. The first-order chi connectivity index (χ1) is 16.0. The number of thiophene rings is 2. The number of hydrogen-bond acceptors (Lipinski definition) is 3. The zero-order valence-electron chi connectivity index (χ0n) is 17.3. The number of halogens is 7. The average molecular weight is 535 g/mol. The summed E-state index contributed by atoms with van der Waals surface area (Å²) in [4.78, 5) is 3.57. The molecule has 0 saturated carbocycles. The van der Waals surface area contributed by atoms with Crippen molar-refractivity contribution in [2.75, 3.05) is 0 Å². The second-order valence-corrected chi connectivity index (χ2v) is 9.58. The lowest BCUT2D eigenvalue weighted by molar-refractivity contribution is -0.138. The highest BCUT2D eigenvalue weighted by Gasteiger charge is 2.30. The molecule has 0 saturated heterocycles. The van der Waals surface area contributed by atoms with Crippen LogP contribution in [0.5, 0.6) is 0 Å². The van der Waals surface area contributed by atoms with Gasteiger partial charge in [0.1, 0.15) is 0 Å². The van der Waals surface area contributed by atoms with Crippen LogP contribution in [0.25, 0.3) is 20.9 Å². The van der Waals surface area contributed by atoms with Crippen molar-refractivity contribution >= 4 is 34.3 Å². The lowest BCUT2D eigenvalue weighted by Crippen LogP contribution is -2.03.